The molecule has 21 heavy (non-hydrogen) atoms. The molecular weight excluding hydrogens is 291 g/mol. The smallest absolute Gasteiger partial charge is 0.416 e. The Hall–Kier alpha value is -2.58. The van der Waals surface area contributed by atoms with Gasteiger partial charge in [0.2, 0.25) is 5.88 Å². The Morgan fingerprint density at radius 3 is 2.71 bits per heavy atom. The van der Waals surface area contributed by atoms with Gasteiger partial charge in [-0.15, -0.1) is 5.10 Å². The van der Waals surface area contributed by atoms with E-state index in [0.29, 0.717) is 0 Å². The van der Waals surface area contributed by atoms with E-state index in [4.69, 9.17) is 4.74 Å². The summed E-state index contributed by atoms with van der Waals surface area (Å²) >= 11 is 0. The highest BCUT2D eigenvalue weighted by molar-refractivity contribution is 5.91. The van der Waals surface area contributed by atoms with Crippen LogP contribution in [-0.4, -0.2) is 27.8 Å². The van der Waals surface area contributed by atoms with Crippen molar-refractivity contribution in [1.29, 1.82) is 0 Å². The molecule has 0 aliphatic carbocycles. The Bertz CT molecular complexity index is 667. The Balaban J connectivity index is 2.33. The summed E-state index contributed by atoms with van der Waals surface area (Å²) in [6, 6.07) is 1.53. The molecule has 0 aliphatic rings. The summed E-state index contributed by atoms with van der Waals surface area (Å²) in [6.45, 7) is 0. The van der Waals surface area contributed by atoms with Gasteiger partial charge < -0.3 is 9.47 Å². The fourth-order valence-corrected chi connectivity index (χ4v) is 1.53. The first-order valence-corrected chi connectivity index (χ1v) is 5.64. The molecule has 0 fully saturated rings. The summed E-state index contributed by atoms with van der Waals surface area (Å²) in [5.74, 6) is -1.23. The molecule has 2 aromatic heterocycles. The molecule has 0 N–H and O–H groups in total. The van der Waals surface area contributed by atoms with Gasteiger partial charge in [0.25, 0.3) is 5.88 Å². The molecule has 9 heteroatoms. The lowest BCUT2D eigenvalue weighted by Crippen LogP contribution is -2.06. The minimum atomic E-state index is -4.52. The van der Waals surface area contributed by atoms with Gasteiger partial charge in [-0.05, 0) is 6.07 Å². The van der Waals surface area contributed by atoms with E-state index in [1.807, 2.05) is 0 Å². The molecule has 112 valence electrons. The van der Waals surface area contributed by atoms with Crippen molar-refractivity contribution in [1.82, 2.24) is 14.8 Å². The number of hydrogen-bond donors (Lipinski definition) is 0. The first-order chi connectivity index (χ1) is 9.81. The molecule has 2 aromatic rings. The maximum Gasteiger partial charge on any atom is 0.416 e. The third-order valence-corrected chi connectivity index (χ3v) is 2.46. The number of nitrogens with zero attached hydrogens (tertiary/aromatic N) is 3. The maximum atomic E-state index is 12.6. The highest BCUT2D eigenvalue weighted by Gasteiger charge is 2.31. The van der Waals surface area contributed by atoms with E-state index in [1.54, 1.807) is 0 Å². The number of halogens is 3. The lowest BCUT2D eigenvalue weighted by atomic mass is 10.2. The molecular formula is C12H10F3N3O3. The van der Waals surface area contributed by atoms with Crippen molar-refractivity contribution in [3.63, 3.8) is 0 Å². The Kier molecular flexibility index (Phi) is 3.83. The lowest BCUT2D eigenvalue weighted by molar-refractivity contribution is -0.137. The predicted molar refractivity (Wildman–Crippen MR) is 63.9 cm³/mol. The molecule has 0 bridgehead atoms. The number of carbonyl (C=O) groups is 1. The van der Waals surface area contributed by atoms with Crippen LogP contribution in [0.5, 0.6) is 11.8 Å². The molecule has 0 aliphatic heterocycles. The molecule has 0 amide bonds. The van der Waals surface area contributed by atoms with E-state index in [9.17, 15) is 18.0 Å². The number of ether oxygens (including phenoxy) is 2. The van der Waals surface area contributed by atoms with E-state index in [1.165, 1.54) is 25.0 Å². The maximum absolute atomic E-state index is 12.6. The first kappa shape index (κ1) is 14.8. The lowest BCUT2D eigenvalue weighted by Gasteiger charge is -2.08. The van der Waals surface area contributed by atoms with Crippen LogP contribution in [0, 0.1) is 0 Å². The molecule has 6 nitrogen and oxygen atoms in total. The van der Waals surface area contributed by atoms with Crippen LogP contribution in [0.3, 0.4) is 0 Å². The van der Waals surface area contributed by atoms with Crippen LogP contribution >= 0.6 is 0 Å². The number of hydrogen-bond acceptors (Lipinski definition) is 5. The van der Waals surface area contributed by atoms with Gasteiger partial charge in [0, 0.05) is 25.5 Å². The van der Waals surface area contributed by atoms with Crippen molar-refractivity contribution >= 4 is 5.97 Å². The number of alkyl halides is 3. The number of pyridine rings is 1. The van der Waals surface area contributed by atoms with Crippen molar-refractivity contribution in [3.05, 3.63) is 35.7 Å². The first-order valence-electron chi connectivity index (χ1n) is 5.64. The molecule has 0 saturated carbocycles. The van der Waals surface area contributed by atoms with E-state index in [-0.39, 0.29) is 17.3 Å². The van der Waals surface area contributed by atoms with Crippen molar-refractivity contribution in [2.75, 3.05) is 7.11 Å². The van der Waals surface area contributed by atoms with Crippen molar-refractivity contribution in [2.45, 2.75) is 6.18 Å². The Labute approximate surface area is 117 Å². The normalized spacial score (nSPS) is 11.3. The van der Waals surface area contributed by atoms with E-state index < -0.39 is 17.7 Å². The van der Waals surface area contributed by atoms with Crippen LogP contribution in [0.25, 0.3) is 0 Å². The van der Waals surface area contributed by atoms with E-state index >= 15 is 0 Å². The number of methoxy groups -OCH3 is 1. The summed E-state index contributed by atoms with van der Waals surface area (Å²) in [5.41, 5.74) is -0.928. The molecule has 2 rings (SSSR count). The second kappa shape index (κ2) is 5.43. The predicted octanol–water partition coefficient (Wildman–Crippen LogP) is 2.41. The van der Waals surface area contributed by atoms with Crippen LogP contribution in [0.4, 0.5) is 13.2 Å². The second-order valence-corrected chi connectivity index (χ2v) is 4.00. The minimum Gasteiger partial charge on any atom is -0.465 e. The number of aromatic nitrogens is 3. The molecule has 2 heterocycles. The minimum absolute atomic E-state index is 0.0146. The zero-order valence-corrected chi connectivity index (χ0v) is 11.0. The third-order valence-electron chi connectivity index (χ3n) is 2.46. The van der Waals surface area contributed by atoms with Crippen molar-refractivity contribution < 1.29 is 27.4 Å². The monoisotopic (exact) mass is 301 g/mol. The zero-order chi connectivity index (χ0) is 15.6. The Morgan fingerprint density at radius 1 is 1.38 bits per heavy atom. The zero-order valence-electron chi connectivity index (χ0n) is 11.0. The molecule has 0 radical (unpaired) electrons. The fraction of sp³-hybridized carbons (Fsp3) is 0.250. The standard InChI is InChI=1S/C12H10F3N3O3/c1-18-6-8(11(19)20-2)10(17-18)21-9-5-7(3-4-16-9)12(13,14)15/h3-6H,1-2H3. The summed E-state index contributed by atoms with van der Waals surface area (Å²) in [6.07, 6.45) is -2.23. The molecule has 0 atom stereocenters. The SMILES string of the molecule is COC(=O)c1cn(C)nc1Oc1cc(C(F)(F)F)ccn1. The van der Waals surface area contributed by atoms with Crippen molar-refractivity contribution in [2.24, 2.45) is 7.05 Å². The van der Waals surface area contributed by atoms with Crippen LogP contribution in [0.2, 0.25) is 0 Å². The quantitative estimate of drug-likeness (QED) is 0.814. The van der Waals surface area contributed by atoms with Gasteiger partial charge in [-0.3, -0.25) is 4.68 Å². The highest BCUT2D eigenvalue weighted by Crippen LogP contribution is 2.31. The van der Waals surface area contributed by atoms with Crippen molar-refractivity contribution in [3.8, 4) is 11.8 Å². The number of aryl methyl sites for hydroxylation is 1. The second-order valence-electron chi connectivity index (χ2n) is 4.00. The number of carbonyl (C=O) groups excluding carboxylic acids is 1. The van der Waals surface area contributed by atoms with E-state index in [2.05, 4.69) is 14.8 Å². The van der Waals surface area contributed by atoms with Crippen LogP contribution in [-0.2, 0) is 18.0 Å². The van der Waals surface area contributed by atoms with Crippen LogP contribution < -0.4 is 4.74 Å². The van der Waals surface area contributed by atoms with Gasteiger partial charge in [-0.2, -0.15) is 13.2 Å². The number of rotatable bonds is 3. The van der Waals surface area contributed by atoms with Gasteiger partial charge in [0.05, 0.1) is 12.7 Å². The van der Waals surface area contributed by atoms with Gasteiger partial charge >= 0.3 is 12.1 Å². The van der Waals surface area contributed by atoms with Gasteiger partial charge in [0.15, 0.2) is 0 Å². The summed E-state index contributed by atoms with van der Waals surface area (Å²) in [7, 11) is 2.69. The highest BCUT2D eigenvalue weighted by atomic mass is 19.4. The summed E-state index contributed by atoms with van der Waals surface area (Å²) in [5, 5.41) is 3.84. The van der Waals surface area contributed by atoms with Gasteiger partial charge in [0.1, 0.15) is 5.56 Å². The van der Waals surface area contributed by atoms with Gasteiger partial charge in [-0.1, -0.05) is 0 Å². The molecule has 0 spiro atoms. The van der Waals surface area contributed by atoms with Gasteiger partial charge in [-0.25, -0.2) is 9.78 Å². The average Bonchev–Trinajstić information content (AvgIpc) is 2.78. The third kappa shape index (κ3) is 3.30. The fourth-order valence-electron chi connectivity index (χ4n) is 1.53. The molecule has 0 saturated heterocycles. The Morgan fingerprint density at radius 2 is 2.10 bits per heavy atom. The summed E-state index contributed by atoms with van der Waals surface area (Å²) < 4.78 is 48.7. The largest absolute Gasteiger partial charge is 0.465 e. The molecule has 0 unspecified atom stereocenters. The van der Waals surface area contributed by atoms with E-state index in [0.717, 1.165) is 18.3 Å². The average molecular weight is 301 g/mol. The summed E-state index contributed by atoms with van der Waals surface area (Å²) in [4.78, 5) is 15.2. The van der Waals surface area contributed by atoms with Crippen LogP contribution in [0.1, 0.15) is 15.9 Å². The van der Waals surface area contributed by atoms with Crippen LogP contribution in [0.15, 0.2) is 24.5 Å². The molecule has 0 aromatic carbocycles. The topological polar surface area (TPSA) is 66.2 Å². The number of esters is 1.